The van der Waals surface area contributed by atoms with Gasteiger partial charge in [0.25, 0.3) is 0 Å². The van der Waals surface area contributed by atoms with E-state index in [1.54, 1.807) is 0 Å². The van der Waals surface area contributed by atoms with Crippen molar-refractivity contribution in [3.05, 3.63) is 27.8 Å². The highest BCUT2D eigenvalue weighted by Crippen LogP contribution is 2.44. The first-order chi connectivity index (χ1) is 17.8. The van der Waals surface area contributed by atoms with E-state index in [9.17, 15) is 19.8 Å². The van der Waals surface area contributed by atoms with Crippen LogP contribution in [0.25, 0.3) is 0 Å². The standard InChI is InChI=1S/C33H54O5/c1-21(2)12-9-13-22(3)14-10-15-23(4)16-11-18-33(8)19-17-27-26(7)30(24(5)25(6)31(27)38-33)28(32(36)37)20-29(34)35/h21-23,28H,9-20H2,1-8H3,(H,34,35)(H,36,37)/t22-,23-,28?,33?/m1/s1. The van der Waals surface area contributed by atoms with Crippen molar-refractivity contribution < 1.29 is 24.5 Å². The lowest BCUT2D eigenvalue weighted by Crippen LogP contribution is -2.37. The van der Waals surface area contributed by atoms with Gasteiger partial charge in [0.05, 0.1) is 12.3 Å². The van der Waals surface area contributed by atoms with E-state index in [4.69, 9.17) is 4.74 Å². The summed E-state index contributed by atoms with van der Waals surface area (Å²) < 4.78 is 6.67. The zero-order valence-corrected chi connectivity index (χ0v) is 25.4. The Morgan fingerprint density at radius 2 is 1.39 bits per heavy atom. The van der Waals surface area contributed by atoms with Gasteiger partial charge in [-0.05, 0) is 98.9 Å². The predicted molar refractivity (Wildman–Crippen MR) is 155 cm³/mol. The van der Waals surface area contributed by atoms with Crippen LogP contribution in [0.3, 0.4) is 0 Å². The summed E-state index contributed by atoms with van der Waals surface area (Å²) in [6.07, 6.45) is 12.7. The molecule has 216 valence electrons. The number of carboxylic acid groups (broad SMARTS) is 2. The largest absolute Gasteiger partial charge is 0.487 e. The van der Waals surface area contributed by atoms with Crippen molar-refractivity contribution in [3.63, 3.8) is 0 Å². The Labute approximate surface area is 231 Å². The first-order valence-corrected chi connectivity index (χ1v) is 15.0. The van der Waals surface area contributed by atoms with Gasteiger partial charge in [-0.3, -0.25) is 9.59 Å². The summed E-state index contributed by atoms with van der Waals surface area (Å²) in [5, 5.41) is 19.1. The zero-order chi connectivity index (χ0) is 28.6. The minimum absolute atomic E-state index is 0.226. The van der Waals surface area contributed by atoms with Gasteiger partial charge < -0.3 is 14.9 Å². The van der Waals surface area contributed by atoms with Crippen LogP contribution in [0.2, 0.25) is 0 Å². The van der Waals surface area contributed by atoms with E-state index >= 15 is 0 Å². The molecule has 0 amide bonds. The lowest BCUT2D eigenvalue weighted by atomic mass is 9.79. The highest BCUT2D eigenvalue weighted by Gasteiger charge is 2.36. The van der Waals surface area contributed by atoms with Gasteiger partial charge in [0.15, 0.2) is 0 Å². The Morgan fingerprint density at radius 1 is 0.842 bits per heavy atom. The summed E-state index contributed by atoms with van der Waals surface area (Å²) in [6.45, 7) is 17.4. The molecule has 0 saturated carbocycles. The maximum absolute atomic E-state index is 12.0. The Morgan fingerprint density at radius 3 is 1.92 bits per heavy atom. The maximum Gasteiger partial charge on any atom is 0.311 e. The third kappa shape index (κ3) is 9.02. The first kappa shape index (κ1) is 32.2. The van der Waals surface area contributed by atoms with Gasteiger partial charge in [-0.1, -0.05) is 72.6 Å². The van der Waals surface area contributed by atoms with Crippen molar-refractivity contribution in [1.82, 2.24) is 0 Å². The van der Waals surface area contributed by atoms with Crippen LogP contribution < -0.4 is 4.74 Å². The first-order valence-electron chi connectivity index (χ1n) is 15.0. The maximum atomic E-state index is 12.0. The molecule has 4 atom stereocenters. The third-order valence-electron chi connectivity index (χ3n) is 8.99. The normalized spacial score (nSPS) is 19.5. The van der Waals surface area contributed by atoms with Gasteiger partial charge in [-0.15, -0.1) is 0 Å². The zero-order valence-electron chi connectivity index (χ0n) is 25.4. The monoisotopic (exact) mass is 530 g/mol. The average molecular weight is 531 g/mol. The van der Waals surface area contributed by atoms with E-state index in [1.165, 1.54) is 44.9 Å². The quantitative estimate of drug-likeness (QED) is 0.223. The lowest BCUT2D eigenvalue weighted by Gasteiger charge is -2.39. The predicted octanol–water partition coefficient (Wildman–Crippen LogP) is 8.78. The van der Waals surface area contributed by atoms with Crippen LogP contribution in [0.1, 0.15) is 139 Å². The molecule has 1 heterocycles. The van der Waals surface area contributed by atoms with E-state index in [2.05, 4.69) is 34.6 Å². The van der Waals surface area contributed by atoms with Crippen LogP contribution in [0.4, 0.5) is 0 Å². The molecular weight excluding hydrogens is 476 g/mol. The van der Waals surface area contributed by atoms with Crippen LogP contribution in [0.5, 0.6) is 5.75 Å². The summed E-state index contributed by atoms with van der Waals surface area (Å²) in [5.41, 5.74) is 4.13. The van der Waals surface area contributed by atoms with Crippen molar-refractivity contribution in [2.24, 2.45) is 17.8 Å². The van der Waals surface area contributed by atoms with Gasteiger partial charge in [0.1, 0.15) is 11.4 Å². The number of rotatable bonds is 16. The summed E-state index contributed by atoms with van der Waals surface area (Å²) >= 11 is 0. The Balaban J connectivity index is 1.95. The van der Waals surface area contributed by atoms with Gasteiger partial charge in [0.2, 0.25) is 0 Å². The SMILES string of the molecule is Cc1c(C)c(C(CC(=O)O)C(=O)O)c(C)c2c1OC(C)(CCC[C@H](C)CCC[C@H](C)CCCC(C)C)CC2. The molecule has 0 aliphatic carbocycles. The number of carbonyl (C=O) groups is 2. The summed E-state index contributed by atoms with van der Waals surface area (Å²) in [4.78, 5) is 23.3. The van der Waals surface area contributed by atoms with Crippen LogP contribution in [-0.2, 0) is 16.0 Å². The molecule has 1 aliphatic rings. The number of ether oxygens (including phenoxy) is 1. The molecule has 0 spiro atoms. The summed E-state index contributed by atoms with van der Waals surface area (Å²) in [7, 11) is 0. The smallest absolute Gasteiger partial charge is 0.311 e. The second kappa shape index (κ2) is 14.4. The number of aliphatic carboxylic acids is 2. The molecule has 2 rings (SSSR count). The molecule has 2 unspecified atom stereocenters. The number of benzene rings is 1. The molecule has 0 fully saturated rings. The number of carboxylic acids is 2. The molecule has 5 nitrogen and oxygen atoms in total. The van der Waals surface area contributed by atoms with Crippen molar-refractivity contribution in [2.75, 3.05) is 0 Å². The highest BCUT2D eigenvalue weighted by molar-refractivity contribution is 5.84. The van der Waals surface area contributed by atoms with Crippen molar-refractivity contribution >= 4 is 11.9 Å². The second-order valence-corrected chi connectivity index (χ2v) is 13.0. The number of fused-ring (bicyclic) bond motifs is 1. The van der Waals surface area contributed by atoms with Crippen LogP contribution in [0.15, 0.2) is 0 Å². The van der Waals surface area contributed by atoms with Gasteiger partial charge >= 0.3 is 11.9 Å². The molecule has 2 N–H and O–H groups in total. The number of hydrogen-bond donors (Lipinski definition) is 2. The fourth-order valence-corrected chi connectivity index (χ4v) is 6.33. The minimum atomic E-state index is -1.10. The third-order valence-corrected chi connectivity index (χ3v) is 8.99. The van der Waals surface area contributed by atoms with Crippen molar-refractivity contribution in [1.29, 1.82) is 0 Å². The topological polar surface area (TPSA) is 83.8 Å². The van der Waals surface area contributed by atoms with Gasteiger partial charge in [-0.2, -0.15) is 0 Å². The average Bonchev–Trinajstić information content (AvgIpc) is 2.81. The van der Waals surface area contributed by atoms with Crippen molar-refractivity contribution in [2.45, 2.75) is 144 Å². The molecule has 5 heteroatoms. The molecule has 38 heavy (non-hydrogen) atoms. The molecule has 1 aromatic rings. The van der Waals surface area contributed by atoms with Gasteiger partial charge in [0, 0.05) is 0 Å². The molecule has 1 aliphatic heterocycles. The Hall–Kier alpha value is -2.04. The fourth-order valence-electron chi connectivity index (χ4n) is 6.33. The second-order valence-electron chi connectivity index (χ2n) is 13.0. The van der Waals surface area contributed by atoms with Crippen LogP contribution in [-0.4, -0.2) is 27.8 Å². The highest BCUT2D eigenvalue weighted by atomic mass is 16.5. The van der Waals surface area contributed by atoms with Gasteiger partial charge in [-0.25, -0.2) is 0 Å². The molecule has 0 bridgehead atoms. The summed E-state index contributed by atoms with van der Waals surface area (Å²) in [5.74, 6) is 0.0310. The number of hydrogen-bond acceptors (Lipinski definition) is 3. The molecule has 0 aromatic heterocycles. The van der Waals surface area contributed by atoms with Crippen LogP contribution in [0, 0.1) is 38.5 Å². The summed E-state index contributed by atoms with van der Waals surface area (Å²) in [6, 6.07) is 0. The Kier molecular flexibility index (Phi) is 12.2. The fraction of sp³-hybridized carbons (Fsp3) is 0.758. The van der Waals surface area contributed by atoms with Crippen LogP contribution >= 0.6 is 0 Å². The van der Waals surface area contributed by atoms with Crippen molar-refractivity contribution in [3.8, 4) is 5.75 Å². The van der Waals surface area contributed by atoms with E-state index in [-0.39, 0.29) is 5.60 Å². The van der Waals surface area contributed by atoms with E-state index in [0.717, 1.165) is 71.4 Å². The van der Waals surface area contributed by atoms with E-state index in [0.29, 0.717) is 5.56 Å². The molecule has 0 radical (unpaired) electrons. The Bertz CT molecular complexity index is 949. The lowest BCUT2D eigenvalue weighted by molar-refractivity contribution is -0.145. The molecule has 0 saturated heterocycles. The van der Waals surface area contributed by atoms with E-state index in [1.807, 2.05) is 20.8 Å². The molecule has 1 aromatic carbocycles. The molecular formula is C33H54O5. The minimum Gasteiger partial charge on any atom is -0.487 e. The van der Waals surface area contributed by atoms with E-state index < -0.39 is 24.3 Å².